The molecule has 0 atom stereocenters. The number of aromatic nitrogens is 1. The van der Waals surface area contributed by atoms with Gasteiger partial charge in [0.25, 0.3) is 0 Å². The Labute approximate surface area is 136 Å². The zero-order chi connectivity index (χ0) is 11.3. The van der Waals surface area contributed by atoms with Crippen LogP contribution >= 0.6 is 0 Å². The number of benzene rings is 1. The molecule has 0 fully saturated rings. The molecule has 0 spiro atoms. The van der Waals surface area contributed by atoms with Crippen LogP contribution in [0.2, 0.25) is 0 Å². The van der Waals surface area contributed by atoms with E-state index in [4.69, 9.17) is 17.5 Å². The van der Waals surface area contributed by atoms with Gasteiger partial charge in [0.2, 0.25) is 10.4 Å². The molecule has 0 amide bonds. The van der Waals surface area contributed by atoms with Gasteiger partial charge in [0.1, 0.15) is 0 Å². The Morgan fingerprint density at radius 1 is 1.12 bits per heavy atom. The smallest absolute Gasteiger partial charge is 0.726 e. The van der Waals surface area contributed by atoms with Crippen molar-refractivity contribution in [3.63, 3.8) is 0 Å². The maximum atomic E-state index is 8.63. The average Bonchev–Trinajstić information content (AvgIpc) is 2.16. The molecule has 1 heterocycles. The van der Waals surface area contributed by atoms with Gasteiger partial charge in [-0.15, -0.1) is 0 Å². The minimum Gasteiger partial charge on any atom is -0.726 e. The third-order valence-electron chi connectivity index (χ3n) is 1.51. The van der Waals surface area contributed by atoms with Crippen LogP contribution in [0.3, 0.4) is 0 Å². The molecular formula is C9H8KNO4S. The van der Waals surface area contributed by atoms with Crippen molar-refractivity contribution < 1.29 is 68.9 Å². The predicted molar refractivity (Wildman–Crippen MR) is 54.1 cm³/mol. The van der Waals surface area contributed by atoms with Crippen LogP contribution in [0.15, 0.2) is 42.6 Å². The van der Waals surface area contributed by atoms with Crippen molar-refractivity contribution in [2.24, 2.45) is 0 Å². The van der Waals surface area contributed by atoms with Crippen molar-refractivity contribution in [1.29, 1.82) is 0 Å². The van der Waals surface area contributed by atoms with Crippen LogP contribution in [-0.4, -0.2) is 22.5 Å². The number of pyridine rings is 1. The minimum atomic E-state index is -4.92. The van der Waals surface area contributed by atoms with Gasteiger partial charge in [0.15, 0.2) is 0 Å². The first-order valence-electron chi connectivity index (χ1n) is 3.95. The Morgan fingerprint density at radius 2 is 1.62 bits per heavy atom. The summed E-state index contributed by atoms with van der Waals surface area (Å²) >= 11 is 0. The molecule has 1 N–H and O–H groups in total. The van der Waals surface area contributed by atoms with Crippen LogP contribution in [0, 0.1) is 0 Å². The first kappa shape index (κ1) is 16.1. The summed E-state index contributed by atoms with van der Waals surface area (Å²) in [6, 6.07) is 12.1. The van der Waals surface area contributed by atoms with E-state index in [0.29, 0.717) is 0 Å². The van der Waals surface area contributed by atoms with Crippen molar-refractivity contribution in [2.75, 3.05) is 0 Å². The van der Waals surface area contributed by atoms with E-state index < -0.39 is 10.4 Å². The van der Waals surface area contributed by atoms with Crippen LogP contribution in [0.4, 0.5) is 0 Å². The number of hydrogen-bond donors (Lipinski definition) is 1. The van der Waals surface area contributed by atoms with E-state index in [0.717, 1.165) is 5.52 Å². The zero-order valence-electron chi connectivity index (χ0n) is 8.57. The van der Waals surface area contributed by atoms with E-state index in [1.54, 1.807) is 0 Å². The van der Waals surface area contributed by atoms with E-state index in [1.807, 2.05) is 30.5 Å². The van der Waals surface area contributed by atoms with Gasteiger partial charge < -0.3 is 4.55 Å². The zero-order valence-corrected chi connectivity index (χ0v) is 12.5. The summed E-state index contributed by atoms with van der Waals surface area (Å²) in [5.41, 5.74) is 1.06. The first-order chi connectivity index (χ1) is 6.97. The Bertz CT molecular complexity index is 470. The van der Waals surface area contributed by atoms with Gasteiger partial charge in [-0.1, -0.05) is 24.3 Å². The van der Waals surface area contributed by atoms with Crippen molar-refractivity contribution >= 4 is 21.3 Å². The summed E-state index contributed by atoms with van der Waals surface area (Å²) in [5.74, 6) is 0. The van der Waals surface area contributed by atoms with Gasteiger partial charge in [-0.05, 0) is 12.1 Å². The largest absolute Gasteiger partial charge is 1.00 e. The predicted octanol–water partition coefficient (Wildman–Crippen LogP) is -1.76. The van der Waals surface area contributed by atoms with Crippen molar-refractivity contribution in [3.05, 3.63) is 42.6 Å². The van der Waals surface area contributed by atoms with Crippen LogP contribution in [-0.2, 0) is 10.4 Å². The Hall–Kier alpha value is 0.136. The second kappa shape index (κ2) is 7.46. The molecule has 0 aliphatic carbocycles. The fourth-order valence-corrected chi connectivity index (χ4v) is 1.02. The standard InChI is InChI=1S/C9H7N.K.H2O4S/c1-2-6-9-8(4-1)5-3-7-10-9;;1-5(2,3)4/h1-7H;;(H2,1,2,3,4)/q;+1;/p-1. The molecule has 2 aromatic rings. The molecule has 0 saturated heterocycles. The third kappa shape index (κ3) is 7.42. The molecule has 0 radical (unpaired) electrons. The summed E-state index contributed by atoms with van der Waals surface area (Å²) in [6.07, 6.45) is 1.81. The molecule has 0 saturated carbocycles. The third-order valence-corrected chi connectivity index (χ3v) is 1.51. The topological polar surface area (TPSA) is 90.3 Å². The Kier molecular flexibility index (Phi) is 7.52. The second-order valence-electron chi connectivity index (χ2n) is 2.62. The maximum Gasteiger partial charge on any atom is 1.00 e. The molecule has 0 aliphatic heterocycles. The molecule has 5 nitrogen and oxygen atoms in total. The van der Waals surface area contributed by atoms with Gasteiger partial charge in [0, 0.05) is 11.6 Å². The quantitative estimate of drug-likeness (QED) is 0.346. The maximum absolute atomic E-state index is 8.63. The van der Waals surface area contributed by atoms with Gasteiger partial charge >= 0.3 is 51.4 Å². The van der Waals surface area contributed by atoms with Crippen molar-refractivity contribution in [2.45, 2.75) is 0 Å². The molecule has 0 unspecified atom stereocenters. The van der Waals surface area contributed by atoms with E-state index >= 15 is 0 Å². The summed E-state index contributed by atoms with van der Waals surface area (Å²) < 4.78 is 32.8. The molecule has 1 aromatic carbocycles. The van der Waals surface area contributed by atoms with Crippen LogP contribution < -0.4 is 51.4 Å². The van der Waals surface area contributed by atoms with Crippen molar-refractivity contribution in [3.8, 4) is 0 Å². The minimum absolute atomic E-state index is 0. The Morgan fingerprint density at radius 3 is 2.19 bits per heavy atom. The fraction of sp³-hybridized carbons (Fsp3) is 0. The summed E-state index contributed by atoms with van der Waals surface area (Å²) in [4.78, 5) is 4.18. The summed E-state index contributed by atoms with van der Waals surface area (Å²) in [6.45, 7) is 0. The van der Waals surface area contributed by atoms with Crippen LogP contribution in [0.1, 0.15) is 0 Å². The average molecular weight is 265 g/mol. The van der Waals surface area contributed by atoms with Crippen molar-refractivity contribution in [1.82, 2.24) is 4.98 Å². The van der Waals surface area contributed by atoms with E-state index in [-0.39, 0.29) is 51.4 Å². The number of rotatable bonds is 0. The monoisotopic (exact) mass is 265 g/mol. The number of nitrogens with zero attached hydrogens (tertiary/aromatic N) is 1. The molecule has 0 bridgehead atoms. The number of fused-ring (bicyclic) bond motifs is 1. The number of para-hydroxylation sites is 1. The SMILES string of the molecule is O=S(=O)([O-])O.[K+].c1ccc2ncccc2c1. The van der Waals surface area contributed by atoms with E-state index in [9.17, 15) is 0 Å². The van der Waals surface area contributed by atoms with Crippen LogP contribution in [0.25, 0.3) is 10.9 Å². The fourth-order valence-electron chi connectivity index (χ4n) is 1.02. The molecule has 2 rings (SSSR count). The van der Waals surface area contributed by atoms with Gasteiger partial charge in [-0.25, -0.2) is 8.42 Å². The first-order valence-corrected chi connectivity index (χ1v) is 5.31. The second-order valence-corrected chi connectivity index (χ2v) is 3.48. The van der Waals surface area contributed by atoms with E-state index in [2.05, 4.69) is 17.1 Å². The van der Waals surface area contributed by atoms with Gasteiger partial charge in [-0.2, -0.15) is 0 Å². The summed E-state index contributed by atoms with van der Waals surface area (Å²) in [7, 11) is -4.92. The van der Waals surface area contributed by atoms with Gasteiger partial charge in [0.05, 0.1) is 5.52 Å². The molecule has 0 aliphatic rings. The molecule has 80 valence electrons. The molecule has 7 heteroatoms. The molecular weight excluding hydrogens is 257 g/mol. The Balaban J connectivity index is 0.000000330. The van der Waals surface area contributed by atoms with Crippen LogP contribution in [0.5, 0.6) is 0 Å². The molecule has 16 heavy (non-hydrogen) atoms. The van der Waals surface area contributed by atoms with E-state index in [1.165, 1.54) is 5.39 Å². The number of hydrogen-bond acceptors (Lipinski definition) is 4. The molecule has 1 aromatic heterocycles. The normalized spacial score (nSPS) is 9.88. The summed E-state index contributed by atoms with van der Waals surface area (Å²) in [5, 5.41) is 1.20. The van der Waals surface area contributed by atoms with Gasteiger partial charge in [-0.3, -0.25) is 9.54 Å².